The fourth-order valence-corrected chi connectivity index (χ4v) is 3.49. The summed E-state index contributed by atoms with van der Waals surface area (Å²) >= 11 is 0. The first-order valence-electron chi connectivity index (χ1n) is 6.21. The maximum absolute atomic E-state index is 13.9. The molecule has 7 heteroatoms. The first-order valence-corrected chi connectivity index (χ1v) is 7.69. The normalized spacial score (nSPS) is 13.0. The van der Waals surface area contributed by atoms with Crippen LogP contribution in [-0.4, -0.2) is 25.5 Å². The molecule has 2 N–H and O–H groups in total. The highest BCUT2D eigenvalue weighted by atomic mass is 32.2. The molecule has 0 fully saturated rings. The highest BCUT2D eigenvalue weighted by Gasteiger charge is 2.28. The summed E-state index contributed by atoms with van der Waals surface area (Å²) in [6.45, 7) is 8.24. The third-order valence-electron chi connectivity index (χ3n) is 2.79. The Bertz CT molecular complexity index is 659. The molecule has 5 nitrogen and oxygen atoms in total. The number of nitrogens with one attached hydrogen (secondary N) is 1. The number of hydrogen-bond acceptors (Lipinski definition) is 3. The lowest BCUT2D eigenvalue weighted by Crippen LogP contribution is -2.41. The summed E-state index contributed by atoms with van der Waals surface area (Å²) in [5.41, 5.74) is 1.31. The van der Waals surface area contributed by atoms with Gasteiger partial charge in [0.15, 0.2) is 0 Å². The molecule has 0 aliphatic heterocycles. The zero-order chi connectivity index (χ0) is 16.4. The van der Waals surface area contributed by atoms with Gasteiger partial charge in [0.1, 0.15) is 16.8 Å². The van der Waals surface area contributed by atoms with Gasteiger partial charge in [-0.15, -0.1) is 6.58 Å². The Morgan fingerprint density at radius 2 is 2.00 bits per heavy atom. The molecule has 1 aromatic carbocycles. The number of rotatable bonds is 6. The fraction of sp³-hybridized carbons (Fsp3) is 0.357. The van der Waals surface area contributed by atoms with Crippen LogP contribution in [0.4, 0.5) is 4.39 Å². The van der Waals surface area contributed by atoms with Crippen molar-refractivity contribution in [1.29, 1.82) is 0 Å². The first-order chi connectivity index (χ1) is 9.54. The van der Waals surface area contributed by atoms with E-state index in [-0.39, 0.29) is 12.0 Å². The Balaban J connectivity index is 3.23. The maximum atomic E-state index is 13.9. The van der Waals surface area contributed by atoms with Crippen LogP contribution in [0.2, 0.25) is 0 Å². The Morgan fingerprint density at radius 3 is 2.43 bits per heavy atom. The van der Waals surface area contributed by atoms with Gasteiger partial charge in [-0.05, 0) is 44.4 Å². The molecule has 21 heavy (non-hydrogen) atoms. The quantitative estimate of drug-likeness (QED) is 0.788. The Labute approximate surface area is 123 Å². The van der Waals surface area contributed by atoms with Gasteiger partial charge in [-0.25, -0.2) is 12.8 Å². The van der Waals surface area contributed by atoms with E-state index in [1.807, 2.05) is 4.72 Å². The molecule has 1 aromatic rings. The average molecular weight is 315 g/mol. The Morgan fingerprint density at radius 1 is 1.43 bits per heavy atom. The molecule has 1 rings (SSSR count). The Kier molecular flexibility index (Phi) is 5.25. The molecule has 0 heterocycles. The number of halogens is 1. The Hall–Kier alpha value is -1.73. The molecule has 0 saturated carbocycles. The molecule has 0 spiro atoms. The molecule has 0 bridgehead atoms. The monoisotopic (exact) mass is 315 g/mol. The van der Waals surface area contributed by atoms with E-state index in [9.17, 15) is 17.6 Å². The lowest BCUT2D eigenvalue weighted by Gasteiger charge is -2.16. The minimum atomic E-state index is -4.28. The molecule has 0 radical (unpaired) electrons. The fourth-order valence-electron chi connectivity index (χ4n) is 2.02. The summed E-state index contributed by atoms with van der Waals surface area (Å²) in [7, 11) is -4.28. The molecule has 0 saturated heterocycles. The molecular formula is C14H18FNO4S. The third kappa shape index (κ3) is 4.37. The zero-order valence-electron chi connectivity index (χ0n) is 12.1. The van der Waals surface area contributed by atoms with Crippen molar-refractivity contribution in [2.75, 3.05) is 0 Å². The molecule has 116 valence electrons. The average Bonchev–Trinajstić information content (AvgIpc) is 2.24. The van der Waals surface area contributed by atoms with Gasteiger partial charge in [-0.2, -0.15) is 4.72 Å². The highest BCUT2D eigenvalue weighted by Crippen LogP contribution is 2.21. The van der Waals surface area contributed by atoms with E-state index < -0.39 is 32.7 Å². The molecule has 0 amide bonds. The van der Waals surface area contributed by atoms with Gasteiger partial charge in [0.2, 0.25) is 10.0 Å². The predicted octanol–water partition coefficient (Wildman–Crippen LogP) is 2.14. The molecule has 0 aliphatic rings. The minimum absolute atomic E-state index is 0.0684. The van der Waals surface area contributed by atoms with E-state index in [0.29, 0.717) is 11.1 Å². The van der Waals surface area contributed by atoms with Crippen LogP contribution in [0.5, 0.6) is 0 Å². The molecule has 0 aromatic heterocycles. The standard InChI is InChI=1S/C14H18FNO4S/c1-8(2)5-12(14(17)18)16-21(19,20)13-10(4)6-9(3)7-11(13)15/h6-7,12,16H,1,5H2,2-4H3,(H,17,18). The van der Waals surface area contributed by atoms with Crippen LogP contribution in [0.3, 0.4) is 0 Å². The number of hydrogen-bond donors (Lipinski definition) is 2. The number of aliphatic carboxylic acids is 1. The topological polar surface area (TPSA) is 83.5 Å². The van der Waals surface area contributed by atoms with E-state index in [0.717, 1.165) is 6.07 Å². The van der Waals surface area contributed by atoms with Crippen LogP contribution in [0.15, 0.2) is 29.2 Å². The van der Waals surface area contributed by atoms with Gasteiger partial charge in [-0.1, -0.05) is 11.6 Å². The van der Waals surface area contributed by atoms with Crippen LogP contribution in [0, 0.1) is 19.7 Å². The summed E-state index contributed by atoms with van der Waals surface area (Å²) in [6.07, 6.45) is -0.0684. The third-order valence-corrected chi connectivity index (χ3v) is 4.44. The number of benzene rings is 1. The number of sulfonamides is 1. The maximum Gasteiger partial charge on any atom is 0.322 e. The second-order valence-corrected chi connectivity index (χ2v) is 6.72. The van der Waals surface area contributed by atoms with Crippen molar-refractivity contribution in [2.24, 2.45) is 0 Å². The second-order valence-electron chi connectivity index (χ2n) is 5.07. The number of carboxylic acid groups (broad SMARTS) is 1. The van der Waals surface area contributed by atoms with Crippen LogP contribution in [0.1, 0.15) is 24.5 Å². The van der Waals surface area contributed by atoms with Crippen molar-refractivity contribution in [1.82, 2.24) is 4.72 Å². The van der Waals surface area contributed by atoms with Gasteiger partial charge in [0.05, 0.1) is 0 Å². The van der Waals surface area contributed by atoms with Gasteiger partial charge < -0.3 is 5.11 Å². The van der Waals surface area contributed by atoms with Crippen molar-refractivity contribution in [3.8, 4) is 0 Å². The van der Waals surface area contributed by atoms with Crippen molar-refractivity contribution in [2.45, 2.75) is 38.1 Å². The lowest BCUT2D eigenvalue weighted by atomic mass is 10.1. The van der Waals surface area contributed by atoms with E-state index in [1.54, 1.807) is 13.8 Å². The van der Waals surface area contributed by atoms with Crippen LogP contribution < -0.4 is 4.72 Å². The summed E-state index contributed by atoms with van der Waals surface area (Å²) in [5, 5.41) is 9.05. The van der Waals surface area contributed by atoms with Crippen LogP contribution in [0.25, 0.3) is 0 Å². The van der Waals surface area contributed by atoms with Gasteiger partial charge >= 0.3 is 5.97 Å². The van der Waals surface area contributed by atoms with Gasteiger partial charge in [0.25, 0.3) is 0 Å². The van der Waals surface area contributed by atoms with Crippen molar-refractivity contribution < 1.29 is 22.7 Å². The van der Waals surface area contributed by atoms with E-state index in [4.69, 9.17) is 5.11 Å². The minimum Gasteiger partial charge on any atom is -0.480 e. The molecular weight excluding hydrogens is 297 g/mol. The summed E-state index contributed by atoms with van der Waals surface area (Å²) in [4.78, 5) is 10.6. The van der Waals surface area contributed by atoms with E-state index in [1.165, 1.54) is 13.0 Å². The van der Waals surface area contributed by atoms with Gasteiger partial charge in [-0.3, -0.25) is 4.79 Å². The summed E-state index contributed by atoms with van der Waals surface area (Å²) in [6, 6.07) is 1.23. The summed E-state index contributed by atoms with van der Waals surface area (Å²) < 4.78 is 40.4. The number of carboxylic acids is 1. The summed E-state index contributed by atoms with van der Waals surface area (Å²) in [5.74, 6) is -2.24. The second kappa shape index (κ2) is 6.36. The number of aryl methyl sites for hydroxylation is 2. The predicted molar refractivity (Wildman–Crippen MR) is 77.1 cm³/mol. The van der Waals surface area contributed by atoms with Crippen LogP contribution in [-0.2, 0) is 14.8 Å². The SMILES string of the molecule is C=C(C)CC(NS(=O)(=O)c1c(C)cc(C)cc1F)C(=O)O. The lowest BCUT2D eigenvalue weighted by molar-refractivity contribution is -0.138. The smallest absolute Gasteiger partial charge is 0.322 e. The van der Waals surface area contributed by atoms with E-state index in [2.05, 4.69) is 6.58 Å². The largest absolute Gasteiger partial charge is 0.480 e. The molecule has 1 atom stereocenters. The van der Waals surface area contributed by atoms with Crippen molar-refractivity contribution in [3.63, 3.8) is 0 Å². The number of carbonyl (C=O) groups is 1. The zero-order valence-corrected chi connectivity index (χ0v) is 12.9. The highest BCUT2D eigenvalue weighted by molar-refractivity contribution is 7.89. The first kappa shape index (κ1) is 17.3. The molecule has 0 aliphatic carbocycles. The molecule has 1 unspecified atom stereocenters. The van der Waals surface area contributed by atoms with Crippen molar-refractivity contribution in [3.05, 3.63) is 41.2 Å². The van der Waals surface area contributed by atoms with E-state index >= 15 is 0 Å². The van der Waals surface area contributed by atoms with Gasteiger partial charge in [0, 0.05) is 0 Å². The van der Waals surface area contributed by atoms with Crippen molar-refractivity contribution >= 4 is 16.0 Å². The van der Waals surface area contributed by atoms with Crippen LogP contribution >= 0.6 is 0 Å².